The van der Waals surface area contributed by atoms with E-state index >= 15 is 0 Å². The number of nitrogens with one attached hydrogen (secondary N) is 2. The number of esters is 1. The maximum absolute atomic E-state index is 13.0. The Hall–Kier alpha value is -4.53. The molecule has 0 aliphatic heterocycles. The van der Waals surface area contributed by atoms with E-state index in [1.165, 1.54) is 31.4 Å². The molecule has 2 amide bonds. The fourth-order valence-electron chi connectivity index (χ4n) is 3.72. The summed E-state index contributed by atoms with van der Waals surface area (Å²) in [5, 5.41) is 5.21. The second-order valence-corrected chi connectivity index (χ2v) is 7.89. The minimum absolute atomic E-state index is 0.0133. The van der Waals surface area contributed by atoms with E-state index in [-0.39, 0.29) is 52.7 Å². The highest BCUT2D eigenvalue weighted by Crippen LogP contribution is 2.32. The Bertz CT molecular complexity index is 1310. The van der Waals surface area contributed by atoms with Crippen molar-refractivity contribution >= 4 is 35.0 Å². The molecule has 0 saturated carbocycles. The smallest absolute Gasteiger partial charge is 0.306 e. The Morgan fingerprint density at radius 1 is 0.914 bits per heavy atom. The van der Waals surface area contributed by atoms with Gasteiger partial charge in [0.25, 0.3) is 11.8 Å². The summed E-state index contributed by atoms with van der Waals surface area (Å²) in [5.74, 6) is -2.15. The zero-order valence-corrected chi connectivity index (χ0v) is 18.8. The summed E-state index contributed by atoms with van der Waals surface area (Å²) >= 11 is 0. The van der Waals surface area contributed by atoms with Crippen LogP contribution in [0, 0.1) is 0 Å². The van der Waals surface area contributed by atoms with Gasteiger partial charge in [-0.2, -0.15) is 0 Å². The molecule has 1 heterocycles. The molecule has 0 spiro atoms. The zero-order chi connectivity index (χ0) is 24.9. The fraction of sp³-hybridized carbons (Fsp3) is 0.192. The number of ether oxygens (including phenoxy) is 1. The number of hydrogen-bond donors (Lipinski definition) is 2. The number of benzene rings is 2. The van der Waals surface area contributed by atoms with Crippen LogP contribution in [0.1, 0.15) is 62.2 Å². The lowest BCUT2D eigenvalue weighted by Crippen LogP contribution is -2.32. The van der Waals surface area contributed by atoms with Crippen LogP contribution in [0.4, 0.5) is 5.69 Å². The van der Waals surface area contributed by atoms with Gasteiger partial charge in [-0.15, -0.1) is 0 Å². The molecule has 9 nitrogen and oxygen atoms in total. The summed E-state index contributed by atoms with van der Waals surface area (Å²) in [4.78, 5) is 62.5. The number of carbonyl (C=O) groups excluding carboxylic acids is 5. The molecule has 1 unspecified atom stereocenters. The van der Waals surface area contributed by atoms with Crippen LogP contribution in [-0.4, -0.2) is 42.0 Å². The van der Waals surface area contributed by atoms with E-state index in [9.17, 15) is 24.0 Å². The molecule has 2 N–H and O–H groups in total. The van der Waals surface area contributed by atoms with Gasteiger partial charge in [0.15, 0.2) is 23.4 Å². The molecule has 9 heteroatoms. The van der Waals surface area contributed by atoms with Gasteiger partial charge in [0, 0.05) is 29.7 Å². The first-order valence-corrected chi connectivity index (χ1v) is 11.0. The van der Waals surface area contributed by atoms with E-state index in [1.807, 2.05) is 0 Å². The molecule has 35 heavy (non-hydrogen) atoms. The molecule has 0 fully saturated rings. The minimum Gasteiger partial charge on any atom is -0.459 e. The lowest BCUT2D eigenvalue weighted by molar-refractivity contribution is -0.153. The van der Waals surface area contributed by atoms with Crippen LogP contribution in [0.2, 0.25) is 0 Å². The normalized spacial score (nSPS) is 12.8. The maximum Gasteiger partial charge on any atom is 0.306 e. The Morgan fingerprint density at radius 2 is 1.63 bits per heavy atom. The number of furan rings is 1. The molecule has 178 valence electrons. The van der Waals surface area contributed by atoms with Gasteiger partial charge in [0.1, 0.15) is 0 Å². The molecule has 0 radical (unpaired) electrons. The van der Waals surface area contributed by atoms with Gasteiger partial charge in [-0.3, -0.25) is 24.0 Å². The minimum atomic E-state index is -1.14. The first-order chi connectivity index (χ1) is 16.9. The van der Waals surface area contributed by atoms with Crippen LogP contribution in [0.15, 0.2) is 65.3 Å². The van der Waals surface area contributed by atoms with Crippen molar-refractivity contribution in [2.45, 2.75) is 25.9 Å². The number of rotatable bonds is 8. The monoisotopic (exact) mass is 474 g/mol. The Balaban J connectivity index is 1.33. The van der Waals surface area contributed by atoms with Crippen molar-refractivity contribution in [3.63, 3.8) is 0 Å². The SMILES string of the molecule is CC(OC(=O)CCCNC(=O)c1ccco1)C(=O)Nc1cccc2c1C(=O)c1ccccc1C2=O. The number of ketones is 2. The van der Waals surface area contributed by atoms with Crippen molar-refractivity contribution < 1.29 is 33.1 Å². The second-order valence-electron chi connectivity index (χ2n) is 7.89. The molecule has 1 atom stereocenters. The predicted octanol–water partition coefficient (Wildman–Crippen LogP) is 3.14. The van der Waals surface area contributed by atoms with Crippen molar-refractivity contribution in [2.75, 3.05) is 11.9 Å². The van der Waals surface area contributed by atoms with Crippen molar-refractivity contribution in [2.24, 2.45) is 0 Å². The average Bonchev–Trinajstić information content (AvgIpc) is 3.40. The van der Waals surface area contributed by atoms with Gasteiger partial charge >= 0.3 is 5.97 Å². The van der Waals surface area contributed by atoms with Crippen LogP contribution < -0.4 is 10.6 Å². The molecule has 3 aromatic rings. The van der Waals surface area contributed by atoms with Crippen LogP contribution in [0.5, 0.6) is 0 Å². The van der Waals surface area contributed by atoms with E-state index in [4.69, 9.17) is 9.15 Å². The van der Waals surface area contributed by atoms with Crippen LogP contribution in [-0.2, 0) is 14.3 Å². The molecular weight excluding hydrogens is 452 g/mol. The summed E-state index contributed by atoms with van der Waals surface area (Å²) in [6, 6.07) is 14.3. The first-order valence-electron chi connectivity index (χ1n) is 11.0. The maximum atomic E-state index is 13.0. The van der Waals surface area contributed by atoms with Gasteiger partial charge in [-0.1, -0.05) is 36.4 Å². The van der Waals surface area contributed by atoms with Crippen molar-refractivity contribution in [1.29, 1.82) is 0 Å². The van der Waals surface area contributed by atoms with Gasteiger partial charge in [0.2, 0.25) is 0 Å². The second kappa shape index (κ2) is 10.2. The highest BCUT2D eigenvalue weighted by Gasteiger charge is 2.32. The fourth-order valence-corrected chi connectivity index (χ4v) is 3.72. The van der Waals surface area contributed by atoms with Gasteiger partial charge < -0.3 is 19.8 Å². The summed E-state index contributed by atoms with van der Waals surface area (Å²) in [7, 11) is 0. The summed E-state index contributed by atoms with van der Waals surface area (Å²) in [6.45, 7) is 1.63. The lowest BCUT2D eigenvalue weighted by atomic mass is 9.83. The van der Waals surface area contributed by atoms with Crippen LogP contribution in [0.25, 0.3) is 0 Å². The van der Waals surface area contributed by atoms with Crippen molar-refractivity contribution in [3.8, 4) is 0 Å². The van der Waals surface area contributed by atoms with E-state index < -0.39 is 23.9 Å². The summed E-state index contributed by atoms with van der Waals surface area (Å²) in [5.41, 5.74) is 1.06. The largest absolute Gasteiger partial charge is 0.459 e. The third kappa shape index (κ3) is 5.03. The molecule has 1 aliphatic rings. The Kier molecular flexibility index (Phi) is 6.86. The first kappa shape index (κ1) is 23.6. The Morgan fingerprint density at radius 3 is 2.34 bits per heavy atom. The molecule has 0 saturated heterocycles. The summed E-state index contributed by atoms with van der Waals surface area (Å²) < 4.78 is 10.2. The van der Waals surface area contributed by atoms with Gasteiger partial charge in [-0.25, -0.2) is 0 Å². The third-order valence-electron chi connectivity index (χ3n) is 5.48. The molecule has 0 bridgehead atoms. The number of carbonyl (C=O) groups is 5. The molecule has 1 aromatic heterocycles. The highest BCUT2D eigenvalue weighted by molar-refractivity contribution is 6.30. The standard InChI is InChI=1S/C26H22N2O7/c1-15(35-21(29)12-5-13-27-26(33)20-11-6-14-34-20)25(32)28-19-10-4-9-18-22(19)24(31)17-8-3-2-7-16(17)23(18)30/h2-4,6-11,14-15H,5,12-13H2,1H3,(H,27,33)(H,28,32). The quantitative estimate of drug-likeness (QED) is 0.296. The molecule has 4 rings (SSSR count). The summed E-state index contributed by atoms with van der Waals surface area (Å²) in [6.07, 6.45) is 0.539. The Labute approximate surface area is 200 Å². The van der Waals surface area contributed by atoms with Crippen LogP contribution in [0.3, 0.4) is 0 Å². The predicted molar refractivity (Wildman–Crippen MR) is 124 cm³/mol. The van der Waals surface area contributed by atoms with Gasteiger partial charge in [-0.05, 0) is 31.5 Å². The molecule has 2 aromatic carbocycles. The topological polar surface area (TPSA) is 132 Å². The highest BCUT2D eigenvalue weighted by atomic mass is 16.5. The lowest BCUT2D eigenvalue weighted by Gasteiger charge is -2.21. The molecular formula is C26H22N2O7. The zero-order valence-electron chi connectivity index (χ0n) is 18.8. The number of hydrogen-bond acceptors (Lipinski definition) is 7. The van der Waals surface area contributed by atoms with E-state index in [0.29, 0.717) is 12.0 Å². The number of amides is 2. The van der Waals surface area contributed by atoms with Crippen LogP contribution >= 0.6 is 0 Å². The average molecular weight is 474 g/mol. The number of fused-ring (bicyclic) bond motifs is 2. The molecule has 1 aliphatic carbocycles. The van der Waals surface area contributed by atoms with Crippen molar-refractivity contribution in [1.82, 2.24) is 5.32 Å². The van der Waals surface area contributed by atoms with E-state index in [1.54, 1.807) is 36.4 Å². The van der Waals surface area contributed by atoms with E-state index in [2.05, 4.69) is 10.6 Å². The third-order valence-corrected chi connectivity index (χ3v) is 5.48. The van der Waals surface area contributed by atoms with Crippen molar-refractivity contribution in [3.05, 3.63) is 88.9 Å². The van der Waals surface area contributed by atoms with E-state index in [0.717, 1.165) is 0 Å². The van der Waals surface area contributed by atoms with Gasteiger partial charge in [0.05, 0.1) is 17.5 Å². The number of anilines is 1.